The van der Waals surface area contributed by atoms with Gasteiger partial charge in [-0.3, -0.25) is 4.79 Å². The highest BCUT2D eigenvalue weighted by atomic mass is 16.2. The Hall–Kier alpha value is -3.85. The first-order chi connectivity index (χ1) is 14.3. The third-order valence-electron chi connectivity index (χ3n) is 5.33. The van der Waals surface area contributed by atoms with Gasteiger partial charge in [0.25, 0.3) is 5.91 Å². The van der Waals surface area contributed by atoms with Crippen LogP contribution in [0.25, 0.3) is 11.8 Å². The number of amides is 1. The van der Waals surface area contributed by atoms with Crippen LogP contribution in [0, 0.1) is 0 Å². The zero-order valence-electron chi connectivity index (χ0n) is 15.8. The van der Waals surface area contributed by atoms with Gasteiger partial charge in [0.2, 0.25) is 0 Å². The first-order valence-corrected chi connectivity index (χ1v) is 9.70. The van der Waals surface area contributed by atoms with Crippen LogP contribution in [0.2, 0.25) is 0 Å². The molecule has 0 bridgehead atoms. The van der Waals surface area contributed by atoms with E-state index in [2.05, 4.69) is 41.1 Å². The molecule has 1 amide bonds. The Kier molecular flexibility index (Phi) is 4.34. The highest BCUT2D eigenvalue weighted by Gasteiger charge is 2.31. The minimum Gasteiger partial charge on any atom is -0.318 e. The van der Waals surface area contributed by atoms with E-state index in [9.17, 15) is 4.79 Å². The van der Waals surface area contributed by atoms with E-state index in [1.54, 1.807) is 0 Å². The molecule has 0 aliphatic carbocycles. The first kappa shape index (κ1) is 17.3. The molecule has 0 saturated carbocycles. The van der Waals surface area contributed by atoms with Crippen molar-refractivity contribution >= 4 is 12.0 Å². The summed E-state index contributed by atoms with van der Waals surface area (Å²) in [5.41, 5.74) is 5.06. The van der Waals surface area contributed by atoms with E-state index in [0.717, 1.165) is 22.5 Å². The number of nitrogens with zero attached hydrogens (tertiary/aromatic N) is 2. The standard InChI is InChI=1S/C26H20N2O/c29-26(21-11-3-1-4-12-21)28-19-17-20-10-7-8-15-23(20)25(28)24-16-9-18-27(24)22-13-5-2-6-14-22/h1-19,25H/t25-/m1/s1. The molecule has 4 aromatic rings. The summed E-state index contributed by atoms with van der Waals surface area (Å²) < 4.78 is 2.16. The molecule has 1 aliphatic rings. The van der Waals surface area contributed by atoms with Crippen molar-refractivity contribution in [1.82, 2.24) is 9.47 Å². The second kappa shape index (κ2) is 7.28. The van der Waals surface area contributed by atoms with E-state index in [0.29, 0.717) is 5.56 Å². The largest absolute Gasteiger partial charge is 0.318 e. The summed E-state index contributed by atoms with van der Waals surface area (Å²) in [6.07, 6.45) is 5.98. The number of aromatic nitrogens is 1. The Bertz CT molecular complexity index is 1180. The van der Waals surface area contributed by atoms with E-state index in [1.165, 1.54) is 0 Å². The van der Waals surface area contributed by atoms with Gasteiger partial charge in [0.15, 0.2) is 0 Å². The van der Waals surface area contributed by atoms with Gasteiger partial charge in [-0.05, 0) is 53.6 Å². The van der Waals surface area contributed by atoms with Gasteiger partial charge in [0.1, 0.15) is 6.04 Å². The molecular formula is C26H20N2O. The zero-order chi connectivity index (χ0) is 19.6. The number of carbonyl (C=O) groups is 1. The zero-order valence-corrected chi connectivity index (χ0v) is 15.8. The summed E-state index contributed by atoms with van der Waals surface area (Å²) >= 11 is 0. The summed E-state index contributed by atoms with van der Waals surface area (Å²) in [5.74, 6) is -0.0119. The molecule has 5 rings (SSSR count). The molecule has 140 valence electrons. The maximum Gasteiger partial charge on any atom is 0.258 e. The molecule has 1 aromatic heterocycles. The average molecular weight is 376 g/mol. The van der Waals surface area contributed by atoms with E-state index in [4.69, 9.17) is 0 Å². The fourth-order valence-corrected chi connectivity index (χ4v) is 3.97. The van der Waals surface area contributed by atoms with Gasteiger partial charge in [-0.1, -0.05) is 60.7 Å². The van der Waals surface area contributed by atoms with Gasteiger partial charge in [0.05, 0.1) is 5.69 Å². The molecule has 0 spiro atoms. The lowest BCUT2D eigenvalue weighted by atomic mass is 9.93. The lowest BCUT2D eigenvalue weighted by Crippen LogP contribution is -2.34. The maximum atomic E-state index is 13.4. The van der Waals surface area contributed by atoms with Gasteiger partial charge in [0, 0.05) is 23.6 Å². The van der Waals surface area contributed by atoms with Crippen LogP contribution in [0.15, 0.2) is 109 Å². The number of benzene rings is 3. The Labute approximate surface area is 170 Å². The van der Waals surface area contributed by atoms with Gasteiger partial charge < -0.3 is 9.47 Å². The topological polar surface area (TPSA) is 25.2 Å². The fraction of sp³-hybridized carbons (Fsp3) is 0.0385. The number of carbonyl (C=O) groups excluding carboxylic acids is 1. The molecule has 3 heteroatoms. The quantitative estimate of drug-likeness (QED) is 0.451. The molecule has 0 unspecified atom stereocenters. The van der Waals surface area contributed by atoms with E-state index in [1.807, 2.05) is 83.9 Å². The smallest absolute Gasteiger partial charge is 0.258 e. The van der Waals surface area contributed by atoms with Crippen molar-refractivity contribution in [2.75, 3.05) is 0 Å². The molecule has 3 aromatic carbocycles. The van der Waals surface area contributed by atoms with Crippen LogP contribution >= 0.6 is 0 Å². The molecule has 2 heterocycles. The highest BCUT2D eigenvalue weighted by molar-refractivity contribution is 5.96. The predicted octanol–water partition coefficient (Wildman–Crippen LogP) is 5.69. The van der Waals surface area contributed by atoms with Gasteiger partial charge in [-0.15, -0.1) is 0 Å². The minimum absolute atomic E-state index is 0.0119. The van der Waals surface area contributed by atoms with Crippen LogP contribution in [0.4, 0.5) is 0 Å². The molecule has 1 aliphatic heterocycles. The van der Waals surface area contributed by atoms with Crippen LogP contribution < -0.4 is 0 Å². The number of para-hydroxylation sites is 1. The van der Waals surface area contributed by atoms with Crippen molar-refractivity contribution < 1.29 is 4.79 Å². The molecule has 0 N–H and O–H groups in total. The third-order valence-corrected chi connectivity index (χ3v) is 5.33. The van der Waals surface area contributed by atoms with Crippen LogP contribution in [0.3, 0.4) is 0 Å². The Balaban J connectivity index is 1.66. The highest BCUT2D eigenvalue weighted by Crippen LogP contribution is 2.37. The van der Waals surface area contributed by atoms with Crippen molar-refractivity contribution in [1.29, 1.82) is 0 Å². The second-order valence-corrected chi connectivity index (χ2v) is 7.06. The second-order valence-electron chi connectivity index (χ2n) is 7.06. The molecule has 3 nitrogen and oxygen atoms in total. The summed E-state index contributed by atoms with van der Waals surface area (Å²) in [4.78, 5) is 15.3. The summed E-state index contributed by atoms with van der Waals surface area (Å²) in [6.45, 7) is 0. The van der Waals surface area contributed by atoms with E-state index < -0.39 is 0 Å². The maximum absolute atomic E-state index is 13.4. The molecule has 0 fully saturated rings. The Morgan fingerprint density at radius 3 is 2.21 bits per heavy atom. The minimum atomic E-state index is -0.209. The SMILES string of the molecule is O=C(c1ccccc1)N1C=Cc2ccccc2[C@@H]1c1cccn1-c1ccccc1. The number of hydrogen-bond donors (Lipinski definition) is 0. The van der Waals surface area contributed by atoms with Crippen LogP contribution in [-0.4, -0.2) is 15.4 Å². The van der Waals surface area contributed by atoms with Crippen LogP contribution in [0.1, 0.15) is 33.2 Å². The van der Waals surface area contributed by atoms with Gasteiger partial charge in [-0.2, -0.15) is 0 Å². The van der Waals surface area contributed by atoms with Crippen molar-refractivity contribution in [2.45, 2.75) is 6.04 Å². The number of hydrogen-bond acceptors (Lipinski definition) is 1. The lowest BCUT2D eigenvalue weighted by Gasteiger charge is -2.34. The van der Waals surface area contributed by atoms with Crippen molar-refractivity contribution in [3.63, 3.8) is 0 Å². The summed E-state index contributed by atoms with van der Waals surface area (Å²) in [7, 11) is 0. The molecule has 1 atom stereocenters. The lowest BCUT2D eigenvalue weighted by molar-refractivity contribution is 0.0784. The van der Waals surface area contributed by atoms with E-state index >= 15 is 0 Å². The number of rotatable bonds is 3. The molecule has 29 heavy (non-hydrogen) atoms. The monoisotopic (exact) mass is 376 g/mol. The fourth-order valence-electron chi connectivity index (χ4n) is 3.97. The average Bonchev–Trinajstić information content (AvgIpc) is 3.28. The van der Waals surface area contributed by atoms with Crippen LogP contribution in [-0.2, 0) is 0 Å². The third kappa shape index (κ3) is 3.07. The summed E-state index contributed by atoms with van der Waals surface area (Å²) in [5, 5.41) is 0. The molecule has 0 saturated heterocycles. The first-order valence-electron chi connectivity index (χ1n) is 9.70. The normalized spacial score (nSPS) is 15.2. The van der Waals surface area contributed by atoms with Crippen molar-refractivity contribution in [3.8, 4) is 5.69 Å². The Morgan fingerprint density at radius 1 is 0.724 bits per heavy atom. The summed E-state index contributed by atoms with van der Waals surface area (Å²) in [6, 6.07) is 31.9. The van der Waals surface area contributed by atoms with Gasteiger partial charge in [-0.25, -0.2) is 0 Å². The Morgan fingerprint density at radius 2 is 1.41 bits per heavy atom. The van der Waals surface area contributed by atoms with Gasteiger partial charge >= 0.3 is 0 Å². The van der Waals surface area contributed by atoms with E-state index in [-0.39, 0.29) is 11.9 Å². The predicted molar refractivity (Wildman–Crippen MR) is 116 cm³/mol. The number of fused-ring (bicyclic) bond motifs is 1. The van der Waals surface area contributed by atoms with Crippen LogP contribution in [0.5, 0.6) is 0 Å². The molecular weight excluding hydrogens is 356 g/mol. The molecule has 0 radical (unpaired) electrons. The van der Waals surface area contributed by atoms with Crippen molar-refractivity contribution in [3.05, 3.63) is 132 Å². The van der Waals surface area contributed by atoms with Crippen molar-refractivity contribution in [2.24, 2.45) is 0 Å².